The first-order chi connectivity index (χ1) is 18.0. The summed E-state index contributed by atoms with van der Waals surface area (Å²) < 4.78 is 10.1. The molecule has 4 amide bonds. The molecule has 0 atom stereocenters. The van der Waals surface area contributed by atoms with Gasteiger partial charge in [-0.2, -0.15) is 0 Å². The fourth-order valence-corrected chi connectivity index (χ4v) is 2.83. The van der Waals surface area contributed by atoms with Crippen molar-refractivity contribution in [3.05, 3.63) is 47.5 Å². The number of hydrogen-bond donors (Lipinski definition) is 6. The highest BCUT2D eigenvalue weighted by Crippen LogP contribution is 2.21. The van der Waals surface area contributed by atoms with Gasteiger partial charge in [0.25, 0.3) is 0 Å². The first kappa shape index (κ1) is 31.5. The summed E-state index contributed by atoms with van der Waals surface area (Å²) in [6.45, 7) is 8.42. The summed E-state index contributed by atoms with van der Waals surface area (Å²) in [6, 6.07) is 9.83. The van der Waals surface area contributed by atoms with Gasteiger partial charge in [0.2, 0.25) is 0 Å². The number of benzene rings is 2. The van der Waals surface area contributed by atoms with Crippen LogP contribution in [0.4, 0.5) is 41.9 Å². The standard InChI is InChI=1S/C17H26N2O4.C9H10N2O4/c1-4-6-10-22-16(20)18-14-9-8-13(3)15(12-14)19-17(21)23-11-7-5-2;1-5-2-3-6(10-8(12)13)4-7(5)11-9(14)15/h8-9,12H,4-7,10-11H2,1-3H3,(H,18,20)(H,19,21);2-4,10-11H,1H3,(H,12,13)(H,14,15). The minimum atomic E-state index is -1.19. The van der Waals surface area contributed by atoms with Gasteiger partial charge in [-0.3, -0.25) is 21.3 Å². The zero-order valence-electron chi connectivity index (χ0n) is 22.1. The van der Waals surface area contributed by atoms with Crippen LogP contribution in [0, 0.1) is 13.8 Å². The number of carbonyl (C=O) groups is 4. The van der Waals surface area contributed by atoms with Crippen LogP contribution in [0.2, 0.25) is 0 Å². The van der Waals surface area contributed by atoms with Gasteiger partial charge in [-0.05, 0) is 62.1 Å². The summed E-state index contributed by atoms with van der Waals surface area (Å²) in [5.41, 5.74) is 3.42. The van der Waals surface area contributed by atoms with Crippen molar-refractivity contribution in [2.45, 2.75) is 53.4 Å². The maximum absolute atomic E-state index is 11.7. The summed E-state index contributed by atoms with van der Waals surface area (Å²) in [5.74, 6) is 0. The van der Waals surface area contributed by atoms with E-state index in [9.17, 15) is 19.2 Å². The fourth-order valence-electron chi connectivity index (χ4n) is 2.83. The Morgan fingerprint density at radius 1 is 0.658 bits per heavy atom. The first-order valence-corrected chi connectivity index (χ1v) is 12.1. The summed E-state index contributed by atoms with van der Waals surface area (Å²) >= 11 is 0. The highest BCUT2D eigenvalue weighted by molar-refractivity contribution is 5.90. The lowest BCUT2D eigenvalue weighted by Crippen LogP contribution is -2.17. The van der Waals surface area contributed by atoms with E-state index in [1.54, 1.807) is 31.2 Å². The molecule has 38 heavy (non-hydrogen) atoms. The Hall–Kier alpha value is -4.48. The van der Waals surface area contributed by atoms with Gasteiger partial charge in [-0.25, -0.2) is 19.2 Å². The molecular weight excluding hydrogens is 496 g/mol. The lowest BCUT2D eigenvalue weighted by Gasteiger charge is -2.12. The smallest absolute Gasteiger partial charge is 0.411 e. The van der Waals surface area contributed by atoms with Crippen LogP contribution < -0.4 is 21.3 Å². The summed E-state index contributed by atoms with van der Waals surface area (Å²) in [4.78, 5) is 44.1. The van der Waals surface area contributed by atoms with Gasteiger partial charge in [0.05, 0.1) is 13.2 Å². The lowest BCUT2D eigenvalue weighted by atomic mass is 10.2. The molecule has 0 bridgehead atoms. The van der Waals surface area contributed by atoms with Crippen molar-refractivity contribution < 1.29 is 38.9 Å². The van der Waals surface area contributed by atoms with E-state index in [0.717, 1.165) is 31.2 Å². The molecule has 0 unspecified atom stereocenters. The predicted molar refractivity (Wildman–Crippen MR) is 145 cm³/mol. The zero-order valence-corrected chi connectivity index (χ0v) is 22.1. The molecule has 0 saturated heterocycles. The Bertz CT molecular complexity index is 1090. The van der Waals surface area contributed by atoms with Gasteiger partial charge < -0.3 is 19.7 Å². The largest absolute Gasteiger partial charge is 0.465 e. The van der Waals surface area contributed by atoms with Crippen LogP contribution in [-0.2, 0) is 9.47 Å². The van der Waals surface area contributed by atoms with Crippen LogP contribution in [0.3, 0.4) is 0 Å². The lowest BCUT2D eigenvalue weighted by molar-refractivity contribution is 0.159. The van der Waals surface area contributed by atoms with E-state index >= 15 is 0 Å². The van der Waals surface area contributed by atoms with Crippen LogP contribution in [0.25, 0.3) is 0 Å². The number of carboxylic acid groups (broad SMARTS) is 2. The molecule has 2 aromatic carbocycles. The predicted octanol–water partition coefficient (Wildman–Crippen LogP) is 6.87. The van der Waals surface area contributed by atoms with E-state index < -0.39 is 24.4 Å². The maximum atomic E-state index is 11.7. The Morgan fingerprint density at radius 3 is 1.53 bits per heavy atom. The molecule has 0 aromatic heterocycles. The fraction of sp³-hybridized carbons (Fsp3) is 0.385. The molecule has 6 N–H and O–H groups in total. The molecule has 12 nitrogen and oxygen atoms in total. The second-order valence-corrected chi connectivity index (χ2v) is 8.15. The Labute approximate surface area is 221 Å². The molecular formula is C26H36N4O8. The number of aryl methyl sites for hydroxylation is 2. The molecule has 208 valence electrons. The number of anilines is 4. The molecule has 0 aliphatic carbocycles. The number of rotatable bonds is 10. The third-order valence-corrected chi connectivity index (χ3v) is 4.91. The van der Waals surface area contributed by atoms with Crippen LogP contribution in [0.5, 0.6) is 0 Å². The number of unbranched alkanes of at least 4 members (excludes halogenated alkanes) is 2. The van der Waals surface area contributed by atoms with Crippen molar-refractivity contribution in [2.24, 2.45) is 0 Å². The number of amides is 4. The minimum Gasteiger partial charge on any atom is -0.465 e. The Morgan fingerprint density at radius 2 is 1.08 bits per heavy atom. The van der Waals surface area contributed by atoms with Crippen LogP contribution in [0.1, 0.15) is 50.7 Å². The summed E-state index contributed by atoms with van der Waals surface area (Å²) in [5, 5.41) is 26.6. The van der Waals surface area contributed by atoms with Crippen molar-refractivity contribution in [3.63, 3.8) is 0 Å². The summed E-state index contributed by atoms with van der Waals surface area (Å²) in [6.07, 6.45) is 0.210. The van der Waals surface area contributed by atoms with E-state index in [0.29, 0.717) is 41.5 Å². The van der Waals surface area contributed by atoms with Gasteiger partial charge >= 0.3 is 24.4 Å². The highest BCUT2D eigenvalue weighted by atomic mass is 16.6. The monoisotopic (exact) mass is 532 g/mol. The third-order valence-electron chi connectivity index (χ3n) is 4.91. The van der Waals surface area contributed by atoms with Gasteiger partial charge in [-0.1, -0.05) is 38.8 Å². The summed E-state index contributed by atoms with van der Waals surface area (Å²) in [7, 11) is 0. The maximum Gasteiger partial charge on any atom is 0.411 e. The quantitative estimate of drug-likeness (QED) is 0.180. The topological polar surface area (TPSA) is 175 Å². The third kappa shape index (κ3) is 13.0. The van der Waals surface area contributed by atoms with Gasteiger partial charge in [-0.15, -0.1) is 0 Å². The number of ether oxygens (including phenoxy) is 2. The van der Waals surface area contributed by atoms with E-state index in [1.807, 2.05) is 26.8 Å². The molecule has 0 aliphatic heterocycles. The van der Waals surface area contributed by atoms with E-state index in [1.165, 1.54) is 6.07 Å². The van der Waals surface area contributed by atoms with Crippen molar-refractivity contribution >= 4 is 47.1 Å². The number of nitrogens with one attached hydrogen (secondary N) is 4. The van der Waals surface area contributed by atoms with Crippen LogP contribution >= 0.6 is 0 Å². The average molecular weight is 533 g/mol. The number of hydrogen-bond acceptors (Lipinski definition) is 6. The van der Waals surface area contributed by atoms with Crippen LogP contribution in [0.15, 0.2) is 36.4 Å². The second kappa shape index (κ2) is 17.1. The molecule has 0 heterocycles. The van der Waals surface area contributed by atoms with E-state index in [-0.39, 0.29) is 0 Å². The Kier molecular flexibility index (Phi) is 14.2. The number of carbonyl (C=O) groups excluding carboxylic acids is 2. The Balaban J connectivity index is 0.000000415. The SMILES string of the molecule is CCCCOC(=O)Nc1ccc(C)c(NC(=O)OCCCC)c1.Cc1ccc(NC(=O)O)cc1NC(=O)O. The first-order valence-electron chi connectivity index (χ1n) is 12.1. The van der Waals surface area contributed by atoms with E-state index in [4.69, 9.17) is 19.7 Å². The molecule has 12 heteroatoms. The van der Waals surface area contributed by atoms with E-state index in [2.05, 4.69) is 21.3 Å². The van der Waals surface area contributed by atoms with Crippen molar-refractivity contribution in [1.82, 2.24) is 0 Å². The molecule has 0 radical (unpaired) electrons. The zero-order chi connectivity index (χ0) is 28.5. The molecule has 0 saturated carbocycles. The van der Waals surface area contributed by atoms with Gasteiger partial charge in [0.15, 0.2) is 0 Å². The highest BCUT2D eigenvalue weighted by Gasteiger charge is 2.09. The molecule has 2 aromatic rings. The van der Waals surface area contributed by atoms with Crippen molar-refractivity contribution in [2.75, 3.05) is 34.5 Å². The molecule has 0 spiro atoms. The van der Waals surface area contributed by atoms with Gasteiger partial charge in [0, 0.05) is 22.7 Å². The second-order valence-electron chi connectivity index (χ2n) is 8.15. The molecule has 0 fully saturated rings. The average Bonchev–Trinajstić information content (AvgIpc) is 2.83. The normalized spacial score (nSPS) is 9.79. The molecule has 0 aliphatic rings. The van der Waals surface area contributed by atoms with Crippen molar-refractivity contribution in [1.29, 1.82) is 0 Å². The molecule has 2 rings (SSSR count). The van der Waals surface area contributed by atoms with Gasteiger partial charge in [0.1, 0.15) is 0 Å². The van der Waals surface area contributed by atoms with Crippen LogP contribution in [-0.4, -0.2) is 47.8 Å². The van der Waals surface area contributed by atoms with Crippen molar-refractivity contribution in [3.8, 4) is 0 Å². The minimum absolute atomic E-state index is 0.317.